The zero-order chi connectivity index (χ0) is 16.1. The topological polar surface area (TPSA) is 3.24 Å². The fourth-order valence-electron chi connectivity index (χ4n) is 2.71. The van der Waals surface area contributed by atoms with Crippen molar-refractivity contribution in [1.29, 1.82) is 0 Å². The normalized spacial score (nSPS) is 19.4. The number of hydrogen-bond acceptors (Lipinski definition) is 2. The maximum absolute atomic E-state index is 14.3. The monoisotopic (exact) mass is 319 g/mol. The van der Waals surface area contributed by atoms with Gasteiger partial charge in [0.05, 0.1) is 17.8 Å². The first kappa shape index (κ1) is 16.6. The van der Waals surface area contributed by atoms with E-state index in [4.69, 9.17) is 0 Å². The van der Waals surface area contributed by atoms with Crippen molar-refractivity contribution in [2.75, 3.05) is 0 Å². The summed E-state index contributed by atoms with van der Waals surface area (Å²) in [6, 6.07) is 6.57. The Morgan fingerprint density at radius 3 is 2.64 bits per heavy atom. The van der Waals surface area contributed by atoms with Crippen molar-refractivity contribution in [3.63, 3.8) is 0 Å². The average molecular weight is 319 g/mol. The molecule has 4 heteroatoms. The first-order valence-corrected chi connectivity index (χ1v) is 7.91. The molecule has 0 aliphatic carbocycles. The lowest BCUT2D eigenvalue weighted by Crippen LogP contribution is -2.20. The number of halogens is 2. The van der Waals surface area contributed by atoms with Gasteiger partial charge in [0.2, 0.25) is 0 Å². The van der Waals surface area contributed by atoms with E-state index in [1.165, 1.54) is 6.07 Å². The molecular formula is C18H19F2NS. The molecule has 0 radical (unpaired) electrons. The Kier molecular flexibility index (Phi) is 5.61. The number of allylic oxidation sites excluding steroid dienone is 4. The van der Waals surface area contributed by atoms with Crippen LogP contribution in [0.25, 0.3) is 5.70 Å². The predicted octanol–water partition coefficient (Wildman–Crippen LogP) is 5.85. The van der Waals surface area contributed by atoms with Crippen molar-refractivity contribution >= 4 is 17.8 Å². The Hall–Kier alpha value is -1.81. The van der Waals surface area contributed by atoms with Crippen LogP contribution >= 0.6 is 12.1 Å². The third-order valence-electron chi connectivity index (χ3n) is 3.67. The molecule has 2 rings (SSSR count). The van der Waals surface area contributed by atoms with Crippen molar-refractivity contribution in [2.45, 2.75) is 25.6 Å². The molecule has 1 atom stereocenters. The van der Waals surface area contributed by atoms with Gasteiger partial charge in [-0.2, -0.15) is 3.89 Å². The van der Waals surface area contributed by atoms with Gasteiger partial charge < -0.3 is 4.90 Å². The first-order chi connectivity index (χ1) is 10.7. The fraction of sp³-hybridized carbons (Fsp3) is 0.222. The lowest BCUT2D eigenvalue weighted by molar-refractivity contribution is 0.517. The van der Waals surface area contributed by atoms with E-state index >= 15 is 0 Å². The van der Waals surface area contributed by atoms with E-state index in [0.29, 0.717) is 17.7 Å². The highest BCUT2D eigenvalue weighted by atomic mass is 32.2. The summed E-state index contributed by atoms with van der Waals surface area (Å²) in [6.45, 7) is 7.61. The van der Waals surface area contributed by atoms with Crippen LogP contribution in [-0.4, -0.2) is 10.3 Å². The maximum Gasteiger partial charge on any atom is 0.132 e. The summed E-state index contributed by atoms with van der Waals surface area (Å²) in [7, 11) is 0. The van der Waals surface area contributed by atoms with Crippen LogP contribution in [0, 0.1) is 5.82 Å². The van der Waals surface area contributed by atoms with Gasteiger partial charge in [-0.25, -0.2) is 4.39 Å². The zero-order valence-corrected chi connectivity index (χ0v) is 13.5. The average Bonchev–Trinajstić information content (AvgIpc) is 2.91. The van der Waals surface area contributed by atoms with Crippen LogP contribution in [0.5, 0.6) is 0 Å². The molecule has 116 valence electrons. The Morgan fingerprint density at radius 1 is 1.36 bits per heavy atom. The lowest BCUT2D eigenvalue weighted by atomic mass is 9.98. The molecule has 1 heterocycles. The van der Waals surface area contributed by atoms with Gasteiger partial charge in [0.25, 0.3) is 0 Å². The van der Waals surface area contributed by atoms with Crippen LogP contribution in [0.2, 0.25) is 0 Å². The SMILES string of the molecule is C=CN1C(c2ccccc2F)=C(C(/C=C\C)=C/C)CC1SF. The molecule has 1 aromatic carbocycles. The molecule has 0 aromatic heterocycles. The summed E-state index contributed by atoms with van der Waals surface area (Å²) >= 11 is 0.258. The van der Waals surface area contributed by atoms with Crippen molar-refractivity contribution < 1.29 is 8.28 Å². The van der Waals surface area contributed by atoms with Crippen molar-refractivity contribution in [2.24, 2.45) is 0 Å². The van der Waals surface area contributed by atoms with E-state index in [1.54, 1.807) is 29.3 Å². The molecule has 0 spiro atoms. The molecule has 1 aromatic rings. The smallest absolute Gasteiger partial charge is 0.132 e. The first-order valence-electron chi connectivity index (χ1n) is 7.13. The fourth-order valence-corrected chi connectivity index (χ4v) is 3.22. The minimum Gasteiger partial charge on any atom is -0.332 e. The molecule has 0 fully saturated rings. The number of rotatable bonds is 5. The summed E-state index contributed by atoms with van der Waals surface area (Å²) in [5, 5.41) is -0.415. The summed E-state index contributed by atoms with van der Waals surface area (Å²) in [5.74, 6) is -0.317. The quantitative estimate of drug-likeness (QED) is 0.626. The van der Waals surface area contributed by atoms with E-state index in [0.717, 1.165) is 11.1 Å². The molecule has 0 saturated carbocycles. The Morgan fingerprint density at radius 2 is 2.09 bits per heavy atom. The Labute approximate surface area is 135 Å². The van der Waals surface area contributed by atoms with Crippen LogP contribution in [-0.2, 0) is 0 Å². The van der Waals surface area contributed by atoms with E-state index < -0.39 is 5.37 Å². The summed E-state index contributed by atoms with van der Waals surface area (Å²) < 4.78 is 27.6. The van der Waals surface area contributed by atoms with Gasteiger partial charge in [0.1, 0.15) is 11.2 Å². The number of nitrogens with zero attached hydrogens (tertiary/aromatic N) is 1. The summed E-state index contributed by atoms with van der Waals surface area (Å²) in [5.41, 5.74) is 3.07. The minimum absolute atomic E-state index is 0.258. The number of benzene rings is 1. The highest BCUT2D eigenvalue weighted by molar-refractivity contribution is 7.94. The molecule has 0 amide bonds. The van der Waals surface area contributed by atoms with Crippen LogP contribution < -0.4 is 0 Å². The highest BCUT2D eigenvalue weighted by Gasteiger charge is 2.34. The second-order valence-corrected chi connectivity index (χ2v) is 5.61. The lowest BCUT2D eigenvalue weighted by Gasteiger charge is -2.23. The van der Waals surface area contributed by atoms with Gasteiger partial charge in [0, 0.05) is 12.0 Å². The highest BCUT2D eigenvalue weighted by Crippen LogP contribution is 2.44. The second-order valence-electron chi connectivity index (χ2n) is 4.89. The molecule has 22 heavy (non-hydrogen) atoms. The zero-order valence-electron chi connectivity index (χ0n) is 12.7. The number of hydrogen-bond donors (Lipinski definition) is 0. The van der Waals surface area contributed by atoms with Gasteiger partial charge in [-0.05, 0) is 43.3 Å². The Balaban J connectivity index is 2.67. The van der Waals surface area contributed by atoms with Gasteiger partial charge in [-0.3, -0.25) is 0 Å². The predicted molar refractivity (Wildman–Crippen MR) is 91.0 cm³/mol. The second kappa shape index (κ2) is 7.45. The largest absolute Gasteiger partial charge is 0.332 e. The van der Waals surface area contributed by atoms with E-state index in [2.05, 4.69) is 6.58 Å². The van der Waals surface area contributed by atoms with Gasteiger partial charge in [-0.15, -0.1) is 0 Å². The maximum atomic E-state index is 14.3. The van der Waals surface area contributed by atoms with Gasteiger partial charge >= 0.3 is 0 Å². The Bertz CT molecular complexity index is 646. The minimum atomic E-state index is -0.415. The van der Waals surface area contributed by atoms with Crippen LogP contribution in [0.1, 0.15) is 25.8 Å². The summed E-state index contributed by atoms with van der Waals surface area (Å²) in [6.07, 6.45) is 7.91. The molecular weight excluding hydrogens is 300 g/mol. The van der Waals surface area contributed by atoms with Gasteiger partial charge in [0.15, 0.2) is 0 Å². The molecule has 1 unspecified atom stereocenters. The molecule has 1 aliphatic rings. The van der Waals surface area contributed by atoms with E-state index in [1.807, 2.05) is 32.1 Å². The van der Waals surface area contributed by atoms with Gasteiger partial charge in [-0.1, -0.05) is 36.9 Å². The van der Waals surface area contributed by atoms with E-state index in [9.17, 15) is 8.28 Å². The molecule has 0 saturated heterocycles. The van der Waals surface area contributed by atoms with Crippen LogP contribution in [0.4, 0.5) is 8.28 Å². The van der Waals surface area contributed by atoms with Crippen molar-refractivity contribution in [3.05, 3.63) is 77.8 Å². The third kappa shape index (κ3) is 3.02. The summed E-state index contributed by atoms with van der Waals surface area (Å²) in [4.78, 5) is 1.71. The van der Waals surface area contributed by atoms with Crippen LogP contribution in [0.3, 0.4) is 0 Å². The molecule has 0 bridgehead atoms. The third-order valence-corrected chi connectivity index (χ3v) is 4.27. The molecule has 1 nitrogen and oxygen atoms in total. The van der Waals surface area contributed by atoms with Crippen LogP contribution in [0.15, 0.2) is 66.4 Å². The van der Waals surface area contributed by atoms with Crippen molar-refractivity contribution in [1.82, 2.24) is 4.90 Å². The van der Waals surface area contributed by atoms with Crippen molar-refractivity contribution in [3.8, 4) is 0 Å². The van der Waals surface area contributed by atoms with E-state index in [-0.39, 0.29) is 18.0 Å². The standard InChI is InChI=1S/C18H19F2NS/c1-4-9-13(5-2)15-12-17(22-20)21(6-3)18(15)14-10-7-8-11-16(14)19/h4-11,17H,3,12H2,1-2H3/b9-4-,13-5+. The molecule has 1 aliphatic heterocycles. The molecule has 0 N–H and O–H groups in total.